The molecule has 1 saturated heterocycles. The van der Waals surface area contributed by atoms with E-state index in [1.165, 1.54) is 11.3 Å². The number of rotatable bonds is 6. The van der Waals surface area contributed by atoms with Crippen molar-refractivity contribution >= 4 is 23.2 Å². The Hall–Kier alpha value is -2.41. The van der Waals surface area contributed by atoms with Crippen molar-refractivity contribution in [1.82, 2.24) is 9.88 Å². The number of carboxylic acids is 1. The van der Waals surface area contributed by atoms with E-state index in [0.717, 1.165) is 22.7 Å². The Morgan fingerprint density at radius 3 is 2.70 bits per heavy atom. The molecular formula is C20H24N2O4S. The Balaban J connectivity index is 1.71. The lowest BCUT2D eigenvalue weighted by atomic mass is 9.90. The molecule has 1 aromatic carbocycles. The van der Waals surface area contributed by atoms with E-state index in [1.54, 1.807) is 10.3 Å². The molecule has 1 aliphatic heterocycles. The molecule has 6 nitrogen and oxygen atoms in total. The molecule has 2 aromatic rings. The van der Waals surface area contributed by atoms with Crippen molar-refractivity contribution in [3.05, 3.63) is 35.3 Å². The molecule has 144 valence electrons. The molecule has 2 heterocycles. The highest BCUT2D eigenvalue weighted by Crippen LogP contribution is 2.28. The second-order valence-electron chi connectivity index (χ2n) is 7.00. The zero-order valence-corrected chi connectivity index (χ0v) is 16.4. The summed E-state index contributed by atoms with van der Waals surface area (Å²) in [6.07, 6.45) is 1.56. The summed E-state index contributed by atoms with van der Waals surface area (Å²) in [5.41, 5.74) is 1.30. The van der Waals surface area contributed by atoms with Gasteiger partial charge in [-0.25, -0.2) is 4.98 Å². The minimum atomic E-state index is -0.844. The van der Waals surface area contributed by atoms with Gasteiger partial charge in [-0.2, -0.15) is 0 Å². The van der Waals surface area contributed by atoms with Gasteiger partial charge in [0.1, 0.15) is 16.5 Å². The monoisotopic (exact) mass is 388 g/mol. The summed E-state index contributed by atoms with van der Waals surface area (Å²) in [6.45, 7) is 5.53. The van der Waals surface area contributed by atoms with Crippen LogP contribution in [0.2, 0.25) is 0 Å². The van der Waals surface area contributed by atoms with Crippen LogP contribution in [-0.4, -0.2) is 46.6 Å². The van der Waals surface area contributed by atoms with Gasteiger partial charge in [0.2, 0.25) is 0 Å². The van der Waals surface area contributed by atoms with Crippen molar-refractivity contribution in [2.45, 2.75) is 26.7 Å². The summed E-state index contributed by atoms with van der Waals surface area (Å²) < 4.78 is 5.58. The van der Waals surface area contributed by atoms with Gasteiger partial charge in [-0.1, -0.05) is 13.8 Å². The van der Waals surface area contributed by atoms with Gasteiger partial charge in [0.15, 0.2) is 0 Å². The van der Waals surface area contributed by atoms with Crippen molar-refractivity contribution < 1.29 is 19.4 Å². The first kappa shape index (κ1) is 19.4. The first-order valence-electron chi connectivity index (χ1n) is 9.18. The van der Waals surface area contributed by atoms with Crippen LogP contribution in [0.1, 0.15) is 37.2 Å². The summed E-state index contributed by atoms with van der Waals surface area (Å²) in [6, 6.07) is 7.67. The molecule has 0 saturated carbocycles. The Bertz CT molecular complexity index is 803. The molecule has 0 spiro atoms. The van der Waals surface area contributed by atoms with Crippen molar-refractivity contribution in [2.24, 2.45) is 11.8 Å². The van der Waals surface area contributed by atoms with Crippen LogP contribution in [-0.2, 0) is 4.79 Å². The Morgan fingerprint density at radius 2 is 2.04 bits per heavy atom. The normalized spacial score (nSPS) is 19.7. The Labute approximate surface area is 162 Å². The van der Waals surface area contributed by atoms with Gasteiger partial charge in [0.05, 0.1) is 12.5 Å². The third-order valence-electron chi connectivity index (χ3n) is 4.59. The van der Waals surface area contributed by atoms with Gasteiger partial charge in [0.25, 0.3) is 5.91 Å². The van der Waals surface area contributed by atoms with Gasteiger partial charge in [-0.05, 0) is 43.0 Å². The number of benzene rings is 1. The molecule has 2 unspecified atom stereocenters. The van der Waals surface area contributed by atoms with E-state index < -0.39 is 11.9 Å². The first-order chi connectivity index (χ1) is 13.0. The van der Waals surface area contributed by atoms with Crippen LogP contribution in [0.5, 0.6) is 5.75 Å². The number of hydrogen-bond donors (Lipinski definition) is 1. The van der Waals surface area contributed by atoms with Gasteiger partial charge in [-0.15, -0.1) is 11.3 Å². The third kappa shape index (κ3) is 4.66. The van der Waals surface area contributed by atoms with Crippen molar-refractivity contribution in [3.63, 3.8) is 0 Å². The van der Waals surface area contributed by atoms with Gasteiger partial charge < -0.3 is 14.7 Å². The van der Waals surface area contributed by atoms with Crippen LogP contribution < -0.4 is 4.74 Å². The highest BCUT2D eigenvalue weighted by atomic mass is 32.1. The van der Waals surface area contributed by atoms with Crippen LogP contribution in [0.3, 0.4) is 0 Å². The maximum Gasteiger partial charge on any atom is 0.308 e. The number of ether oxygens (including phenoxy) is 1. The zero-order valence-electron chi connectivity index (χ0n) is 15.6. The molecule has 0 bridgehead atoms. The average molecular weight is 388 g/mol. The molecule has 7 heteroatoms. The van der Waals surface area contributed by atoms with Crippen molar-refractivity contribution in [3.8, 4) is 16.3 Å². The Morgan fingerprint density at radius 1 is 1.30 bits per heavy atom. The number of amides is 1. The van der Waals surface area contributed by atoms with E-state index in [2.05, 4.69) is 11.9 Å². The number of thiazole rings is 1. The standard InChI is InChI=1S/C20H24N2O4S/c1-3-8-26-16-6-4-14(5-7-16)18-21-17(12-27-18)19(23)22-10-13(2)9-15(11-22)20(24)25/h4-7,12-13,15H,3,8-11H2,1-2H3,(H,24,25). The molecule has 3 rings (SSSR count). The van der Waals surface area contributed by atoms with E-state index in [1.807, 2.05) is 31.2 Å². The van der Waals surface area contributed by atoms with Gasteiger partial charge in [-0.3, -0.25) is 9.59 Å². The molecule has 27 heavy (non-hydrogen) atoms. The molecule has 0 radical (unpaired) electrons. The number of aromatic nitrogens is 1. The van der Waals surface area contributed by atoms with E-state index in [0.29, 0.717) is 25.3 Å². The number of carbonyl (C=O) groups excluding carboxylic acids is 1. The predicted molar refractivity (Wildman–Crippen MR) is 104 cm³/mol. The number of hydrogen-bond acceptors (Lipinski definition) is 5. The minimum Gasteiger partial charge on any atom is -0.494 e. The molecule has 0 aliphatic carbocycles. The fraction of sp³-hybridized carbons (Fsp3) is 0.450. The number of piperidine rings is 1. The fourth-order valence-electron chi connectivity index (χ4n) is 3.28. The minimum absolute atomic E-state index is 0.164. The van der Waals surface area contributed by atoms with E-state index in [9.17, 15) is 14.7 Å². The number of carboxylic acid groups (broad SMARTS) is 1. The zero-order chi connectivity index (χ0) is 19.4. The van der Waals surface area contributed by atoms with Crippen LogP contribution >= 0.6 is 11.3 Å². The van der Waals surface area contributed by atoms with Crippen LogP contribution in [0.4, 0.5) is 0 Å². The lowest BCUT2D eigenvalue weighted by molar-refractivity contribution is -0.143. The smallest absolute Gasteiger partial charge is 0.308 e. The van der Waals surface area contributed by atoms with Gasteiger partial charge in [0, 0.05) is 24.0 Å². The summed E-state index contributed by atoms with van der Waals surface area (Å²) in [5.74, 6) is -0.568. The highest BCUT2D eigenvalue weighted by Gasteiger charge is 2.33. The van der Waals surface area contributed by atoms with Gasteiger partial charge >= 0.3 is 5.97 Å². The maximum atomic E-state index is 12.8. The summed E-state index contributed by atoms with van der Waals surface area (Å²) in [7, 11) is 0. The van der Waals surface area contributed by atoms with Crippen molar-refractivity contribution in [2.75, 3.05) is 19.7 Å². The second-order valence-corrected chi connectivity index (χ2v) is 7.86. The van der Waals surface area contributed by atoms with E-state index in [-0.39, 0.29) is 18.4 Å². The van der Waals surface area contributed by atoms with Crippen molar-refractivity contribution in [1.29, 1.82) is 0 Å². The lowest BCUT2D eigenvalue weighted by Gasteiger charge is -2.34. The second kappa shape index (κ2) is 8.52. The molecular weight excluding hydrogens is 364 g/mol. The number of carbonyl (C=O) groups is 2. The lowest BCUT2D eigenvalue weighted by Crippen LogP contribution is -2.45. The van der Waals surface area contributed by atoms with E-state index in [4.69, 9.17) is 4.74 Å². The molecule has 1 amide bonds. The number of nitrogens with zero attached hydrogens (tertiary/aromatic N) is 2. The molecule has 1 aliphatic rings. The molecule has 1 aromatic heterocycles. The quantitative estimate of drug-likeness (QED) is 0.815. The number of aliphatic carboxylic acids is 1. The number of likely N-dealkylation sites (tertiary alicyclic amines) is 1. The predicted octanol–water partition coefficient (Wildman–Crippen LogP) is 3.78. The van der Waals surface area contributed by atoms with Crippen LogP contribution in [0.15, 0.2) is 29.6 Å². The SMILES string of the molecule is CCCOc1ccc(-c2nc(C(=O)N3CC(C)CC(C(=O)O)C3)cs2)cc1. The van der Waals surface area contributed by atoms with Crippen LogP contribution in [0.25, 0.3) is 10.6 Å². The summed E-state index contributed by atoms with van der Waals surface area (Å²) in [4.78, 5) is 30.2. The summed E-state index contributed by atoms with van der Waals surface area (Å²) in [5, 5.41) is 11.8. The maximum absolute atomic E-state index is 12.8. The Kier molecular flexibility index (Phi) is 6.11. The highest BCUT2D eigenvalue weighted by molar-refractivity contribution is 7.13. The fourth-order valence-corrected chi connectivity index (χ4v) is 4.08. The molecule has 1 fully saturated rings. The topological polar surface area (TPSA) is 79.7 Å². The third-order valence-corrected chi connectivity index (χ3v) is 5.48. The van der Waals surface area contributed by atoms with Crippen LogP contribution in [0, 0.1) is 11.8 Å². The molecule has 2 atom stereocenters. The average Bonchev–Trinajstić information content (AvgIpc) is 3.15. The molecule has 1 N–H and O–H groups in total. The first-order valence-corrected chi connectivity index (χ1v) is 10.1. The summed E-state index contributed by atoms with van der Waals surface area (Å²) >= 11 is 1.41. The largest absolute Gasteiger partial charge is 0.494 e. The van der Waals surface area contributed by atoms with E-state index >= 15 is 0 Å².